The molecule has 0 unspecified atom stereocenters. The van der Waals surface area contributed by atoms with Gasteiger partial charge in [-0.1, -0.05) is 41.9 Å². The molecule has 19 heavy (non-hydrogen) atoms. The van der Waals surface area contributed by atoms with E-state index in [2.05, 4.69) is 20.8 Å². The third kappa shape index (κ3) is 3.78. The number of benzene rings is 2. The van der Waals surface area contributed by atoms with Gasteiger partial charge in [0.15, 0.2) is 0 Å². The Kier molecular flexibility index (Phi) is 4.97. The molecule has 2 aromatic rings. The lowest BCUT2D eigenvalue weighted by atomic mass is 10.2. The van der Waals surface area contributed by atoms with Gasteiger partial charge >= 0.3 is 0 Å². The van der Waals surface area contributed by atoms with Gasteiger partial charge in [0.05, 0.1) is 4.47 Å². The summed E-state index contributed by atoms with van der Waals surface area (Å²) in [5.41, 5.74) is 1.99. The van der Waals surface area contributed by atoms with Gasteiger partial charge in [-0.25, -0.2) is 4.39 Å². The largest absolute Gasteiger partial charge is 0.298 e. The molecular weight excluding hydrogens is 329 g/mol. The summed E-state index contributed by atoms with van der Waals surface area (Å²) in [5.74, 6) is -0.233. The van der Waals surface area contributed by atoms with Crippen LogP contribution in [0.25, 0.3) is 0 Å². The average molecular weight is 343 g/mol. The average Bonchev–Trinajstić information content (AvgIpc) is 2.38. The topological polar surface area (TPSA) is 3.24 Å². The van der Waals surface area contributed by atoms with Crippen LogP contribution in [0.15, 0.2) is 46.9 Å². The van der Waals surface area contributed by atoms with Gasteiger partial charge in [-0.05, 0) is 46.2 Å². The molecule has 0 fully saturated rings. The first kappa shape index (κ1) is 14.5. The predicted molar refractivity (Wildman–Crippen MR) is 80.7 cm³/mol. The van der Waals surface area contributed by atoms with Crippen molar-refractivity contribution in [3.8, 4) is 0 Å². The SMILES string of the molecule is CN(Cc1ccccc1Cl)Cc1cccc(F)c1Br. The minimum atomic E-state index is -0.233. The van der Waals surface area contributed by atoms with Crippen molar-refractivity contribution in [1.82, 2.24) is 4.90 Å². The van der Waals surface area contributed by atoms with Gasteiger partial charge in [0.1, 0.15) is 5.82 Å². The van der Waals surface area contributed by atoms with E-state index in [1.54, 1.807) is 6.07 Å². The van der Waals surface area contributed by atoms with Crippen LogP contribution in [0.3, 0.4) is 0 Å². The van der Waals surface area contributed by atoms with Crippen molar-refractivity contribution in [3.05, 3.63) is 68.9 Å². The molecule has 0 bridgehead atoms. The van der Waals surface area contributed by atoms with E-state index in [9.17, 15) is 4.39 Å². The first-order valence-electron chi connectivity index (χ1n) is 5.93. The van der Waals surface area contributed by atoms with Crippen LogP contribution in [-0.4, -0.2) is 11.9 Å². The molecule has 0 aliphatic carbocycles. The molecule has 0 atom stereocenters. The van der Waals surface area contributed by atoms with Gasteiger partial charge in [-0.2, -0.15) is 0 Å². The van der Waals surface area contributed by atoms with Crippen molar-refractivity contribution in [2.24, 2.45) is 0 Å². The maximum absolute atomic E-state index is 13.4. The van der Waals surface area contributed by atoms with Crippen molar-refractivity contribution >= 4 is 27.5 Å². The number of halogens is 3. The highest BCUT2D eigenvalue weighted by atomic mass is 79.9. The Labute approximate surface area is 126 Å². The van der Waals surface area contributed by atoms with Crippen LogP contribution >= 0.6 is 27.5 Å². The molecule has 0 saturated heterocycles. The fraction of sp³-hybridized carbons (Fsp3) is 0.200. The lowest BCUT2D eigenvalue weighted by molar-refractivity contribution is 0.318. The van der Waals surface area contributed by atoms with E-state index in [0.717, 1.165) is 22.7 Å². The monoisotopic (exact) mass is 341 g/mol. The molecule has 0 spiro atoms. The molecule has 4 heteroatoms. The van der Waals surface area contributed by atoms with E-state index in [1.165, 1.54) is 6.07 Å². The summed E-state index contributed by atoms with van der Waals surface area (Å²) >= 11 is 9.41. The van der Waals surface area contributed by atoms with Gasteiger partial charge in [0.2, 0.25) is 0 Å². The number of hydrogen-bond donors (Lipinski definition) is 0. The summed E-state index contributed by atoms with van der Waals surface area (Å²) < 4.78 is 14.0. The van der Waals surface area contributed by atoms with Crippen LogP contribution in [-0.2, 0) is 13.1 Å². The molecule has 0 aliphatic rings. The predicted octanol–water partition coefficient (Wildman–Crippen LogP) is 4.87. The molecule has 0 N–H and O–H groups in total. The lowest BCUT2D eigenvalue weighted by Gasteiger charge is -2.18. The fourth-order valence-corrected chi connectivity index (χ4v) is 2.52. The molecule has 0 heterocycles. The van der Waals surface area contributed by atoms with Crippen molar-refractivity contribution in [1.29, 1.82) is 0 Å². The molecule has 2 rings (SSSR count). The Balaban J connectivity index is 2.08. The van der Waals surface area contributed by atoms with Crippen molar-refractivity contribution in [3.63, 3.8) is 0 Å². The second-order valence-electron chi connectivity index (χ2n) is 4.48. The van der Waals surface area contributed by atoms with Crippen LogP contribution < -0.4 is 0 Å². The zero-order valence-corrected chi connectivity index (χ0v) is 12.9. The Morgan fingerprint density at radius 3 is 2.42 bits per heavy atom. The molecule has 0 amide bonds. The third-order valence-corrected chi connectivity index (χ3v) is 4.13. The maximum atomic E-state index is 13.4. The normalized spacial score (nSPS) is 11.0. The van der Waals surface area contributed by atoms with E-state index < -0.39 is 0 Å². The fourth-order valence-electron chi connectivity index (χ4n) is 1.93. The number of hydrogen-bond acceptors (Lipinski definition) is 1. The molecule has 2 aromatic carbocycles. The van der Waals surface area contributed by atoms with Gasteiger partial charge in [0, 0.05) is 18.1 Å². The zero-order valence-electron chi connectivity index (χ0n) is 10.5. The molecule has 0 saturated carbocycles. The highest BCUT2D eigenvalue weighted by Crippen LogP contribution is 2.23. The van der Waals surface area contributed by atoms with Gasteiger partial charge in [0.25, 0.3) is 0 Å². The molecule has 100 valence electrons. The van der Waals surface area contributed by atoms with E-state index >= 15 is 0 Å². The second-order valence-corrected chi connectivity index (χ2v) is 5.68. The highest BCUT2D eigenvalue weighted by molar-refractivity contribution is 9.10. The molecule has 0 radical (unpaired) electrons. The lowest BCUT2D eigenvalue weighted by Crippen LogP contribution is -2.17. The summed E-state index contributed by atoms with van der Waals surface area (Å²) in [6, 6.07) is 12.8. The van der Waals surface area contributed by atoms with Crippen molar-refractivity contribution < 1.29 is 4.39 Å². The third-order valence-electron chi connectivity index (χ3n) is 2.87. The highest BCUT2D eigenvalue weighted by Gasteiger charge is 2.09. The summed E-state index contributed by atoms with van der Waals surface area (Å²) in [4.78, 5) is 2.10. The van der Waals surface area contributed by atoms with E-state index in [4.69, 9.17) is 11.6 Å². The summed E-state index contributed by atoms with van der Waals surface area (Å²) in [6.45, 7) is 1.38. The Hall–Kier alpha value is -0.900. The molecular formula is C15H14BrClFN. The van der Waals surface area contributed by atoms with Gasteiger partial charge in [-0.15, -0.1) is 0 Å². The van der Waals surface area contributed by atoms with Crippen LogP contribution in [0.5, 0.6) is 0 Å². The van der Waals surface area contributed by atoms with Gasteiger partial charge in [-0.3, -0.25) is 4.90 Å². The molecule has 0 aromatic heterocycles. The first-order chi connectivity index (χ1) is 9.08. The molecule has 0 aliphatic heterocycles. The minimum absolute atomic E-state index is 0.233. The minimum Gasteiger partial charge on any atom is -0.298 e. The van der Waals surface area contributed by atoms with Gasteiger partial charge < -0.3 is 0 Å². The standard InChI is InChI=1S/C15H14BrClFN/c1-19(9-11-5-2-3-7-13(11)17)10-12-6-4-8-14(18)15(12)16/h2-8H,9-10H2,1H3. The van der Waals surface area contributed by atoms with Crippen LogP contribution in [0.1, 0.15) is 11.1 Å². The molecule has 1 nitrogen and oxygen atoms in total. The number of rotatable bonds is 4. The summed E-state index contributed by atoms with van der Waals surface area (Å²) in [6.07, 6.45) is 0. The Bertz CT molecular complexity index is 574. The van der Waals surface area contributed by atoms with Crippen molar-refractivity contribution in [2.75, 3.05) is 7.05 Å². The quantitative estimate of drug-likeness (QED) is 0.766. The Morgan fingerprint density at radius 1 is 1.05 bits per heavy atom. The second kappa shape index (κ2) is 6.51. The van der Waals surface area contributed by atoms with Crippen LogP contribution in [0.4, 0.5) is 4.39 Å². The number of nitrogens with zero attached hydrogens (tertiary/aromatic N) is 1. The zero-order chi connectivity index (χ0) is 13.8. The van der Waals surface area contributed by atoms with Crippen molar-refractivity contribution in [2.45, 2.75) is 13.1 Å². The van der Waals surface area contributed by atoms with E-state index in [0.29, 0.717) is 11.0 Å². The first-order valence-corrected chi connectivity index (χ1v) is 7.10. The van der Waals surface area contributed by atoms with Crippen LogP contribution in [0.2, 0.25) is 5.02 Å². The Morgan fingerprint density at radius 2 is 1.68 bits per heavy atom. The van der Waals surface area contributed by atoms with E-state index in [1.807, 2.05) is 37.4 Å². The smallest absolute Gasteiger partial charge is 0.137 e. The van der Waals surface area contributed by atoms with Crippen LogP contribution in [0, 0.1) is 5.82 Å². The summed E-state index contributed by atoms with van der Waals surface area (Å²) in [7, 11) is 1.99. The van der Waals surface area contributed by atoms with E-state index in [-0.39, 0.29) is 5.82 Å². The maximum Gasteiger partial charge on any atom is 0.137 e. The summed E-state index contributed by atoms with van der Waals surface area (Å²) in [5, 5.41) is 0.757.